The number of hydrogen-bond acceptors (Lipinski definition) is 5. The Labute approximate surface area is 189 Å². The molecule has 0 radical (unpaired) electrons. The van der Waals surface area contributed by atoms with Gasteiger partial charge in [-0.2, -0.15) is 0 Å². The highest BCUT2D eigenvalue weighted by Crippen LogP contribution is 2.29. The summed E-state index contributed by atoms with van der Waals surface area (Å²) in [5.74, 6) is 0.0690. The Kier molecular flexibility index (Phi) is 6.25. The van der Waals surface area contributed by atoms with Crippen molar-refractivity contribution in [3.05, 3.63) is 87.0 Å². The highest BCUT2D eigenvalue weighted by molar-refractivity contribution is 7.99. The summed E-state index contributed by atoms with van der Waals surface area (Å²) in [5, 5.41) is 4.19. The van der Waals surface area contributed by atoms with E-state index in [4.69, 9.17) is 4.98 Å². The van der Waals surface area contributed by atoms with Gasteiger partial charge in [-0.3, -0.25) is 14.2 Å². The van der Waals surface area contributed by atoms with Gasteiger partial charge >= 0.3 is 0 Å². The first-order chi connectivity index (χ1) is 15.0. The Morgan fingerprint density at radius 3 is 2.42 bits per heavy atom. The van der Waals surface area contributed by atoms with E-state index >= 15 is 0 Å². The molecule has 158 valence electrons. The number of hydrogen-bond donors (Lipinski definition) is 1. The lowest BCUT2D eigenvalue weighted by atomic mass is 10.1. The first-order valence-electron chi connectivity index (χ1n) is 10.0. The maximum Gasteiger partial charge on any atom is 0.267 e. The smallest absolute Gasteiger partial charge is 0.267 e. The van der Waals surface area contributed by atoms with Crippen molar-refractivity contribution in [1.82, 2.24) is 14.9 Å². The van der Waals surface area contributed by atoms with Gasteiger partial charge in [-0.1, -0.05) is 60.3 Å². The molecular weight excluding hydrogens is 426 g/mol. The van der Waals surface area contributed by atoms with Crippen molar-refractivity contribution in [1.29, 1.82) is 0 Å². The van der Waals surface area contributed by atoms with Crippen molar-refractivity contribution in [2.75, 3.05) is 5.75 Å². The van der Waals surface area contributed by atoms with E-state index < -0.39 is 0 Å². The molecule has 0 saturated heterocycles. The number of nitrogens with one attached hydrogen (secondary N) is 1. The SMILES string of the molecule is Cc1sc2nc(SCC(=O)N[C@@H](C)c3ccccc3)n(-c3ccccc3)c(=O)c2c1C. The first kappa shape index (κ1) is 21.3. The number of thiophene rings is 1. The van der Waals surface area contributed by atoms with Gasteiger partial charge in [0.2, 0.25) is 5.91 Å². The molecule has 4 aromatic rings. The van der Waals surface area contributed by atoms with Crippen LogP contribution >= 0.6 is 23.1 Å². The monoisotopic (exact) mass is 449 g/mol. The van der Waals surface area contributed by atoms with Gasteiger partial charge in [0.15, 0.2) is 5.16 Å². The number of carbonyl (C=O) groups is 1. The van der Waals surface area contributed by atoms with Gasteiger partial charge in [0.25, 0.3) is 5.56 Å². The predicted molar refractivity (Wildman–Crippen MR) is 128 cm³/mol. The lowest BCUT2D eigenvalue weighted by Crippen LogP contribution is -2.29. The molecule has 0 aliphatic carbocycles. The quantitative estimate of drug-likeness (QED) is 0.331. The molecule has 1 amide bonds. The molecule has 2 heterocycles. The maximum absolute atomic E-state index is 13.4. The Morgan fingerprint density at radius 2 is 1.74 bits per heavy atom. The number of amides is 1. The molecule has 0 bridgehead atoms. The van der Waals surface area contributed by atoms with Crippen LogP contribution in [0.25, 0.3) is 15.9 Å². The minimum absolute atomic E-state index is 0.0938. The number of aromatic nitrogens is 2. The van der Waals surface area contributed by atoms with Crippen LogP contribution in [0.3, 0.4) is 0 Å². The van der Waals surface area contributed by atoms with Crippen LogP contribution in [0.2, 0.25) is 0 Å². The minimum Gasteiger partial charge on any atom is -0.349 e. The van der Waals surface area contributed by atoms with E-state index in [1.54, 1.807) is 4.57 Å². The standard InChI is InChI=1S/C24H23N3O2S2/c1-15-17(3)31-22-21(15)23(29)27(19-12-8-5-9-13-19)24(26-22)30-14-20(28)25-16(2)18-10-6-4-7-11-18/h4-13,16H,14H2,1-3H3,(H,25,28)/t16-/m0/s1. The second-order valence-electron chi connectivity index (χ2n) is 7.32. The topological polar surface area (TPSA) is 64.0 Å². The number of para-hydroxylation sites is 1. The Balaban J connectivity index is 1.64. The highest BCUT2D eigenvalue weighted by atomic mass is 32.2. The van der Waals surface area contributed by atoms with Crippen molar-refractivity contribution >= 4 is 39.2 Å². The molecule has 0 saturated carbocycles. The molecule has 4 rings (SSSR count). The zero-order valence-electron chi connectivity index (χ0n) is 17.6. The number of aryl methyl sites for hydroxylation is 2. The molecule has 5 nitrogen and oxygen atoms in total. The van der Waals surface area contributed by atoms with Crippen molar-refractivity contribution in [2.45, 2.75) is 32.0 Å². The van der Waals surface area contributed by atoms with Crippen LogP contribution in [0.5, 0.6) is 0 Å². The summed E-state index contributed by atoms with van der Waals surface area (Å²) in [6.45, 7) is 5.91. The van der Waals surface area contributed by atoms with Crippen LogP contribution in [0.1, 0.15) is 29.0 Å². The molecule has 0 spiro atoms. The van der Waals surface area contributed by atoms with Gasteiger partial charge in [0, 0.05) is 4.88 Å². The number of fused-ring (bicyclic) bond motifs is 1. The van der Waals surface area contributed by atoms with Gasteiger partial charge in [-0.05, 0) is 44.0 Å². The predicted octanol–water partition coefficient (Wildman–Crippen LogP) is 5.03. The third-order valence-electron chi connectivity index (χ3n) is 5.20. The summed E-state index contributed by atoms with van der Waals surface area (Å²) in [6, 6.07) is 19.2. The van der Waals surface area contributed by atoms with E-state index in [1.165, 1.54) is 23.1 Å². The van der Waals surface area contributed by atoms with Crippen molar-refractivity contribution in [2.24, 2.45) is 0 Å². The summed E-state index contributed by atoms with van der Waals surface area (Å²) in [5.41, 5.74) is 2.66. The molecule has 0 fully saturated rings. The molecule has 1 N–H and O–H groups in total. The van der Waals surface area contributed by atoms with Gasteiger partial charge in [-0.25, -0.2) is 4.98 Å². The van der Waals surface area contributed by atoms with Crippen molar-refractivity contribution in [3.8, 4) is 5.69 Å². The van der Waals surface area contributed by atoms with Crippen LogP contribution in [-0.2, 0) is 4.79 Å². The normalized spacial score (nSPS) is 12.1. The second-order valence-corrected chi connectivity index (χ2v) is 9.47. The maximum atomic E-state index is 13.4. The van der Waals surface area contributed by atoms with Crippen LogP contribution in [-0.4, -0.2) is 21.2 Å². The van der Waals surface area contributed by atoms with Crippen LogP contribution in [0.4, 0.5) is 0 Å². The zero-order valence-corrected chi connectivity index (χ0v) is 19.2. The molecule has 7 heteroatoms. The molecule has 0 aliphatic rings. The molecule has 1 atom stereocenters. The summed E-state index contributed by atoms with van der Waals surface area (Å²) >= 11 is 2.79. The molecular formula is C24H23N3O2S2. The van der Waals surface area contributed by atoms with E-state index in [2.05, 4.69) is 5.32 Å². The van der Waals surface area contributed by atoms with Gasteiger partial charge in [0.05, 0.1) is 22.9 Å². The Morgan fingerprint density at radius 1 is 1.10 bits per heavy atom. The van der Waals surface area contributed by atoms with Crippen LogP contribution in [0, 0.1) is 13.8 Å². The van der Waals surface area contributed by atoms with Gasteiger partial charge in [-0.15, -0.1) is 11.3 Å². The van der Waals surface area contributed by atoms with E-state index in [0.717, 1.165) is 21.7 Å². The zero-order chi connectivity index (χ0) is 22.0. The van der Waals surface area contributed by atoms with Crippen molar-refractivity contribution in [3.63, 3.8) is 0 Å². The fraction of sp³-hybridized carbons (Fsp3) is 0.208. The summed E-state index contributed by atoms with van der Waals surface area (Å²) in [7, 11) is 0. The van der Waals surface area contributed by atoms with Crippen LogP contribution < -0.4 is 10.9 Å². The molecule has 0 aliphatic heterocycles. The lowest BCUT2D eigenvalue weighted by Gasteiger charge is -2.15. The van der Waals surface area contributed by atoms with Gasteiger partial charge < -0.3 is 5.32 Å². The molecule has 31 heavy (non-hydrogen) atoms. The molecule has 0 unspecified atom stereocenters. The van der Waals surface area contributed by atoms with Crippen molar-refractivity contribution < 1.29 is 4.79 Å². The third kappa shape index (κ3) is 4.43. The summed E-state index contributed by atoms with van der Waals surface area (Å²) in [4.78, 5) is 32.6. The van der Waals surface area contributed by atoms with Gasteiger partial charge in [0.1, 0.15) is 4.83 Å². The summed E-state index contributed by atoms with van der Waals surface area (Å²) in [6.07, 6.45) is 0. The van der Waals surface area contributed by atoms with E-state index in [1.807, 2.05) is 81.4 Å². The third-order valence-corrected chi connectivity index (χ3v) is 7.24. The number of nitrogens with zero attached hydrogens (tertiary/aromatic N) is 2. The Bertz CT molecular complexity index is 1280. The summed E-state index contributed by atoms with van der Waals surface area (Å²) < 4.78 is 1.61. The first-order valence-corrected chi connectivity index (χ1v) is 11.8. The van der Waals surface area contributed by atoms with E-state index in [0.29, 0.717) is 15.4 Å². The highest BCUT2D eigenvalue weighted by Gasteiger charge is 2.19. The average Bonchev–Trinajstić information content (AvgIpc) is 3.07. The largest absolute Gasteiger partial charge is 0.349 e. The number of benzene rings is 2. The minimum atomic E-state index is -0.103. The number of rotatable bonds is 6. The van der Waals surface area contributed by atoms with E-state index in [-0.39, 0.29) is 23.3 Å². The number of thioether (sulfide) groups is 1. The average molecular weight is 450 g/mol. The number of carbonyl (C=O) groups excluding carboxylic acids is 1. The molecule has 2 aromatic carbocycles. The molecule has 2 aromatic heterocycles. The fourth-order valence-corrected chi connectivity index (χ4v) is 5.31. The fourth-order valence-electron chi connectivity index (χ4n) is 3.42. The second kappa shape index (κ2) is 9.08. The Hall–Kier alpha value is -2.90. The lowest BCUT2D eigenvalue weighted by molar-refractivity contribution is -0.119. The van der Waals surface area contributed by atoms with Crippen LogP contribution in [0.15, 0.2) is 70.6 Å². The van der Waals surface area contributed by atoms with E-state index in [9.17, 15) is 9.59 Å².